The Labute approximate surface area is 57.6 Å². The molecule has 1 N–H and O–H groups in total. The van der Waals surface area contributed by atoms with E-state index in [1.54, 1.807) is 0 Å². The summed E-state index contributed by atoms with van der Waals surface area (Å²) in [5, 5.41) is 0. The van der Waals surface area contributed by atoms with E-state index in [1.807, 2.05) is 16.5 Å². The minimum Gasteiger partial charge on any atom is -0.377 e. The Morgan fingerprint density at radius 3 is 3.67 bits per heavy atom. The van der Waals surface area contributed by atoms with Gasteiger partial charge in [-0.1, -0.05) is 17.0 Å². The highest BCUT2D eigenvalue weighted by Gasteiger charge is 2.19. The first-order chi connectivity index (χ1) is 4.47. The largest absolute Gasteiger partial charge is 0.377 e. The summed E-state index contributed by atoms with van der Waals surface area (Å²) >= 11 is 1.47. The summed E-state index contributed by atoms with van der Waals surface area (Å²) in [6.45, 7) is 0.920. The molecule has 0 saturated carbocycles. The molecule has 0 spiro atoms. The van der Waals surface area contributed by atoms with Gasteiger partial charge in [0, 0.05) is 6.08 Å². The second kappa shape index (κ2) is 1.97. The molecule has 0 radical (unpaired) electrons. The number of hydrogen-bond donors (Lipinski definition) is 1. The molecule has 2 aliphatic rings. The number of nitrogens with one attached hydrogen (secondary N) is 1. The maximum Gasteiger partial charge on any atom is 0.227 e. The van der Waals surface area contributed by atoms with Crippen molar-refractivity contribution < 1.29 is 4.84 Å². The van der Waals surface area contributed by atoms with E-state index in [2.05, 4.69) is 11.0 Å². The third kappa shape index (κ3) is 0.799. The van der Waals surface area contributed by atoms with Crippen LogP contribution in [0.1, 0.15) is 0 Å². The molecule has 2 heterocycles. The fourth-order valence-corrected chi connectivity index (χ4v) is 1.31. The molecular formula is C5H6N2OS. The lowest BCUT2D eigenvalue weighted by Crippen LogP contribution is -2.11. The molecule has 0 aliphatic carbocycles. The van der Waals surface area contributed by atoms with Gasteiger partial charge in [-0.2, -0.15) is 0 Å². The van der Waals surface area contributed by atoms with Crippen molar-refractivity contribution in [1.82, 2.24) is 9.19 Å². The van der Waals surface area contributed by atoms with Crippen LogP contribution >= 0.6 is 12.1 Å². The van der Waals surface area contributed by atoms with Gasteiger partial charge in [0.1, 0.15) is 0 Å². The molecule has 0 unspecified atom stereocenters. The number of rotatable bonds is 0. The summed E-state index contributed by atoms with van der Waals surface area (Å²) in [6.07, 6.45) is 5.99. The fraction of sp³-hybridized carbons (Fsp3) is 0.200. The van der Waals surface area contributed by atoms with Gasteiger partial charge >= 0.3 is 0 Å². The van der Waals surface area contributed by atoms with Crippen LogP contribution in [0.25, 0.3) is 0 Å². The van der Waals surface area contributed by atoms with Crippen LogP contribution in [0, 0.1) is 0 Å². The average molecular weight is 142 g/mol. The molecule has 3 nitrogen and oxygen atoms in total. The third-order valence-corrected chi connectivity index (χ3v) is 1.89. The van der Waals surface area contributed by atoms with Crippen LogP contribution in [0.2, 0.25) is 0 Å². The Bertz CT molecular complexity index is 178. The van der Waals surface area contributed by atoms with Gasteiger partial charge in [0.2, 0.25) is 5.88 Å². The predicted molar refractivity (Wildman–Crippen MR) is 35.7 cm³/mol. The van der Waals surface area contributed by atoms with Crippen LogP contribution < -0.4 is 4.89 Å². The first-order valence-electron chi connectivity index (χ1n) is 2.70. The minimum atomic E-state index is 0.891. The topological polar surface area (TPSA) is 24.5 Å². The van der Waals surface area contributed by atoms with Gasteiger partial charge in [0.25, 0.3) is 0 Å². The quantitative estimate of drug-likeness (QED) is 0.505. The van der Waals surface area contributed by atoms with E-state index in [0.29, 0.717) is 0 Å². The zero-order valence-electron chi connectivity index (χ0n) is 4.70. The summed E-state index contributed by atoms with van der Waals surface area (Å²) in [5.74, 6) is 0.891. The Hall–Kier alpha value is -0.610. The second-order valence-electron chi connectivity index (χ2n) is 1.77. The molecule has 0 bridgehead atoms. The van der Waals surface area contributed by atoms with Crippen LogP contribution in [0.4, 0.5) is 0 Å². The Balaban J connectivity index is 2.23. The summed E-state index contributed by atoms with van der Waals surface area (Å²) < 4.78 is 2.03. The van der Waals surface area contributed by atoms with Gasteiger partial charge in [0.15, 0.2) is 0 Å². The molecular weight excluding hydrogens is 136 g/mol. The van der Waals surface area contributed by atoms with Crippen LogP contribution in [0.15, 0.2) is 24.1 Å². The number of hydrogen-bond acceptors (Lipinski definition) is 4. The highest BCUT2D eigenvalue weighted by molar-refractivity contribution is 7.95. The van der Waals surface area contributed by atoms with Gasteiger partial charge < -0.3 is 4.84 Å². The monoisotopic (exact) mass is 142 g/mol. The Morgan fingerprint density at radius 1 is 1.78 bits per heavy atom. The highest BCUT2D eigenvalue weighted by atomic mass is 32.2. The lowest BCUT2D eigenvalue weighted by Gasteiger charge is -2.12. The first kappa shape index (κ1) is 5.20. The van der Waals surface area contributed by atoms with Crippen molar-refractivity contribution in [3.05, 3.63) is 24.1 Å². The molecule has 9 heavy (non-hydrogen) atoms. The van der Waals surface area contributed by atoms with Gasteiger partial charge in [-0.15, -0.1) is 0 Å². The standard InChI is InChI=1S/C5H6N2OS/c1-2-4-7-5(3-1)8-6-9-7/h1-3,6H,4H2. The fourth-order valence-electron chi connectivity index (χ4n) is 0.754. The smallest absolute Gasteiger partial charge is 0.227 e. The molecule has 0 aromatic rings. The molecule has 1 fully saturated rings. The summed E-state index contributed by atoms with van der Waals surface area (Å²) in [4.78, 5) is 7.70. The van der Waals surface area contributed by atoms with Gasteiger partial charge in [-0.3, -0.25) is 4.31 Å². The highest BCUT2D eigenvalue weighted by Crippen LogP contribution is 2.24. The lowest BCUT2D eigenvalue weighted by atomic mass is 10.4. The molecule has 0 aromatic heterocycles. The molecule has 2 aliphatic heterocycles. The summed E-state index contributed by atoms with van der Waals surface area (Å²) in [6, 6.07) is 0. The van der Waals surface area contributed by atoms with Gasteiger partial charge in [-0.05, 0) is 0 Å². The Kier molecular flexibility index (Phi) is 1.13. The zero-order valence-corrected chi connectivity index (χ0v) is 5.52. The lowest BCUT2D eigenvalue weighted by molar-refractivity contribution is 0.162. The molecule has 48 valence electrons. The van der Waals surface area contributed by atoms with E-state index >= 15 is 0 Å². The van der Waals surface area contributed by atoms with E-state index < -0.39 is 0 Å². The van der Waals surface area contributed by atoms with E-state index in [4.69, 9.17) is 4.84 Å². The van der Waals surface area contributed by atoms with Gasteiger partial charge in [0.05, 0.1) is 18.7 Å². The number of fused-ring (bicyclic) bond motifs is 1. The van der Waals surface area contributed by atoms with Crippen molar-refractivity contribution in [1.29, 1.82) is 0 Å². The van der Waals surface area contributed by atoms with Crippen molar-refractivity contribution in [2.75, 3.05) is 6.54 Å². The zero-order chi connectivity index (χ0) is 6.10. The van der Waals surface area contributed by atoms with Crippen molar-refractivity contribution >= 4 is 12.1 Å². The van der Waals surface area contributed by atoms with Crippen LogP contribution in [-0.2, 0) is 4.84 Å². The molecule has 0 amide bonds. The number of nitrogens with zero attached hydrogens (tertiary/aromatic N) is 1. The van der Waals surface area contributed by atoms with Crippen LogP contribution in [-0.4, -0.2) is 10.8 Å². The first-order valence-corrected chi connectivity index (χ1v) is 3.47. The maximum atomic E-state index is 5.01. The van der Waals surface area contributed by atoms with Crippen molar-refractivity contribution in [2.24, 2.45) is 0 Å². The van der Waals surface area contributed by atoms with E-state index in [9.17, 15) is 0 Å². The van der Waals surface area contributed by atoms with Crippen LogP contribution in [0.5, 0.6) is 0 Å². The summed E-state index contributed by atoms with van der Waals surface area (Å²) in [7, 11) is 0. The average Bonchev–Trinajstić information content (AvgIpc) is 2.33. The third-order valence-electron chi connectivity index (χ3n) is 1.19. The van der Waals surface area contributed by atoms with Crippen molar-refractivity contribution in [3.8, 4) is 0 Å². The van der Waals surface area contributed by atoms with E-state index in [-0.39, 0.29) is 0 Å². The van der Waals surface area contributed by atoms with E-state index in [1.165, 1.54) is 12.1 Å². The van der Waals surface area contributed by atoms with E-state index in [0.717, 1.165) is 12.4 Å². The molecule has 4 heteroatoms. The summed E-state index contributed by atoms with van der Waals surface area (Å²) in [5.41, 5.74) is 0. The van der Waals surface area contributed by atoms with Crippen LogP contribution in [0.3, 0.4) is 0 Å². The SMILES string of the molecule is C1=CCN2SNOC2=C1. The van der Waals surface area contributed by atoms with Crippen molar-refractivity contribution in [2.45, 2.75) is 0 Å². The number of allylic oxidation sites excluding steroid dienone is 2. The normalized spacial score (nSPS) is 23.1. The molecule has 0 aromatic carbocycles. The maximum absolute atomic E-state index is 5.01. The minimum absolute atomic E-state index is 0.891. The Morgan fingerprint density at radius 2 is 2.78 bits per heavy atom. The second-order valence-corrected chi connectivity index (χ2v) is 2.56. The predicted octanol–water partition coefficient (Wildman–Crippen LogP) is 0.798. The van der Waals surface area contributed by atoms with Crippen molar-refractivity contribution in [3.63, 3.8) is 0 Å². The molecule has 2 rings (SSSR count). The molecule has 1 saturated heterocycles. The van der Waals surface area contributed by atoms with Gasteiger partial charge in [-0.25, -0.2) is 0 Å². The molecule has 0 atom stereocenters.